The molecule has 0 amide bonds. The lowest BCUT2D eigenvalue weighted by molar-refractivity contribution is 0.122. The number of morpholine rings is 1. The lowest BCUT2D eigenvalue weighted by Gasteiger charge is -2.28. The third-order valence-corrected chi connectivity index (χ3v) is 5.25. The summed E-state index contributed by atoms with van der Waals surface area (Å²) in [7, 11) is 0. The van der Waals surface area contributed by atoms with Crippen LogP contribution >= 0.6 is 11.3 Å². The van der Waals surface area contributed by atoms with E-state index in [1.54, 1.807) is 11.3 Å². The lowest BCUT2D eigenvalue weighted by Crippen LogP contribution is -2.36. The quantitative estimate of drug-likeness (QED) is 0.698. The molecule has 0 bridgehead atoms. The van der Waals surface area contributed by atoms with E-state index in [1.807, 2.05) is 0 Å². The van der Waals surface area contributed by atoms with E-state index in [2.05, 4.69) is 71.4 Å². The first kappa shape index (κ1) is 15.4. The van der Waals surface area contributed by atoms with Crippen molar-refractivity contribution in [2.75, 3.05) is 31.2 Å². The maximum atomic E-state index is 5.41. The van der Waals surface area contributed by atoms with E-state index in [-0.39, 0.29) is 0 Å². The summed E-state index contributed by atoms with van der Waals surface area (Å²) in [4.78, 5) is 7.06. The van der Waals surface area contributed by atoms with Gasteiger partial charge in [-0.3, -0.25) is 0 Å². The lowest BCUT2D eigenvalue weighted by atomic mass is 10.2. The number of anilines is 1. The van der Waals surface area contributed by atoms with Gasteiger partial charge >= 0.3 is 0 Å². The van der Waals surface area contributed by atoms with Crippen LogP contribution in [0.2, 0.25) is 0 Å². The van der Waals surface area contributed by atoms with E-state index in [1.165, 1.54) is 21.5 Å². The second kappa shape index (κ2) is 6.75. The first-order chi connectivity index (χ1) is 11.8. The Morgan fingerprint density at radius 3 is 2.62 bits per heavy atom. The molecule has 0 unspecified atom stereocenters. The minimum atomic E-state index is 0.818. The summed E-state index contributed by atoms with van der Waals surface area (Å²) in [5.74, 6) is 0. The fraction of sp³-hybridized carbons (Fsp3) is 0.250. The Morgan fingerprint density at radius 1 is 1.04 bits per heavy atom. The van der Waals surface area contributed by atoms with Crippen LogP contribution in [-0.4, -0.2) is 31.3 Å². The zero-order chi connectivity index (χ0) is 16.4. The highest BCUT2D eigenvalue weighted by atomic mass is 32.1. The molecule has 1 aromatic heterocycles. The molecule has 0 radical (unpaired) electrons. The zero-order valence-corrected chi connectivity index (χ0v) is 14.6. The standard InChI is InChI=1S/C20H20N2OS/c1-15-2-8-19-18(14-15)21-20(24-19)9-5-16-3-6-17(7-4-16)22-10-12-23-13-11-22/h2-9,14H,10-13H2,1H3. The van der Waals surface area contributed by atoms with Gasteiger partial charge in [-0.2, -0.15) is 0 Å². The molecule has 4 rings (SSSR count). The average molecular weight is 336 g/mol. The first-order valence-corrected chi connectivity index (χ1v) is 9.08. The predicted molar refractivity (Wildman–Crippen MR) is 103 cm³/mol. The largest absolute Gasteiger partial charge is 0.378 e. The zero-order valence-electron chi connectivity index (χ0n) is 13.7. The van der Waals surface area contributed by atoms with Crippen LogP contribution in [-0.2, 0) is 4.74 Å². The normalized spacial score (nSPS) is 15.5. The van der Waals surface area contributed by atoms with Gasteiger partial charge in [0.2, 0.25) is 0 Å². The Bertz CT molecular complexity index is 861. The number of ether oxygens (including phenoxy) is 1. The van der Waals surface area contributed by atoms with Gasteiger partial charge in [0.25, 0.3) is 0 Å². The number of hydrogen-bond donors (Lipinski definition) is 0. The molecule has 4 heteroatoms. The maximum Gasteiger partial charge on any atom is 0.117 e. The summed E-state index contributed by atoms with van der Waals surface area (Å²) in [5, 5.41) is 1.05. The van der Waals surface area contributed by atoms with E-state index in [4.69, 9.17) is 4.74 Å². The van der Waals surface area contributed by atoms with Crippen molar-refractivity contribution in [2.24, 2.45) is 0 Å². The number of aryl methyl sites for hydroxylation is 1. The van der Waals surface area contributed by atoms with Crippen LogP contribution in [0.4, 0.5) is 5.69 Å². The molecule has 24 heavy (non-hydrogen) atoms. The smallest absolute Gasteiger partial charge is 0.117 e. The molecule has 1 fully saturated rings. The number of nitrogens with zero attached hydrogens (tertiary/aromatic N) is 2. The van der Waals surface area contributed by atoms with Crippen LogP contribution in [0.5, 0.6) is 0 Å². The van der Waals surface area contributed by atoms with Gasteiger partial charge in [0.1, 0.15) is 5.01 Å². The van der Waals surface area contributed by atoms with Gasteiger partial charge in [-0.15, -0.1) is 11.3 Å². The van der Waals surface area contributed by atoms with Gasteiger partial charge in [-0.1, -0.05) is 24.3 Å². The minimum Gasteiger partial charge on any atom is -0.378 e. The highest BCUT2D eigenvalue weighted by molar-refractivity contribution is 7.19. The van der Waals surface area contributed by atoms with Crippen LogP contribution in [0.3, 0.4) is 0 Å². The van der Waals surface area contributed by atoms with Crippen molar-refractivity contribution in [3.63, 3.8) is 0 Å². The van der Waals surface area contributed by atoms with E-state index in [9.17, 15) is 0 Å². The van der Waals surface area contributed by atoms with Crippen molar-refractivity contribution in [1.82, 2.24) is 4.98 Å². The molecule has 2 heterocycles. The minimum absolute atomic E-state index is 0.818. The summed E-state index contributed by atoms with van der Waals surface area (Å²) in [6.45, 7) is 5.68. The molecule has 3 nitrogen and oxygen atoms in total. The van der Waals surface area contributed by atoms with Crippen LogP contribution in [0.15, 0.2) is 42.5 Å². The van der Waals surface area contributed by atoms with Gasteiger partial charge in [0.15, 0.2) is 0 Å². The Hall–Kier alpha value is -2.17. The molecule has 0 spiro atoms. The van der Waals surface area contributed by atoms with E-state index in [0.717, 1.165) is 36.8 Å². The molecule has 1 aliphatic rings. The first-order valence-electron chi connectivity index (χ1n) is 8.26. The van der Waals surface area contributed by atoms with Crippen molar-refractivity contribution < 1.29 is 4.74 Å². The summed E-state index contributed by atoms with van der Waals surface area (Å²) < 4.78 is 6.64. The fourth-order valence-corrected chi connectivity index (χ4v) is 3.76. The average Bonchev–Trinajstić information content (AvgIpc) is 3.03. The number of fused-ring (bicyclic) bond motifs is 1. The second-order valence-electron chi connectivity index (χ2n) is 6.05. The van der Waals surface area contributed by atoms with Gasteiger partial charge in [0.05, 0.1) is 23.4 Å². The SMILES string of the molecule is Cc1ccc2sc(C=Cc3ccc(N4CCOCC4)cc3)nc2c1. The van der Waals surface area contributed by atoms with Gasteiger partial charge in [0, 0.05) is 18.8 Å². The topological polar surface area (TPSA) is 25.4 Å². The molecule has 0 saturated carbocycles. The summed E-state index contributed by atoms with van der Waals surface area (Å²) >= 11 is 1.73. The highest BCUT2D eigenvalue weighted by Crippen LogP contribution is 2.25. The Morgan fingerprint density at radius 2 is 1.83 bits per heavy atom. The van der Waals surface area contributed by atoms with E-state index >= 15 is 0 Å². The number of hydrogen-bond acceptors (Lipinski definition) is 4. The van der Waals surface area contributed by atoms with Crippen molar-refractivity contribution in [3.8, 4) is 0 Å². The third kappa shape index (κ3) is 3.35. The molecule has 0 aliphatic carbocycles. The summed E-state index contributed by atoms with van der Waals surface area (Å²) in [6.07, 6.45) is 4.23. The number of rotatable bonds is 3. The summed E-state index contributed by atoms with van der Waals surface area (Å²) in [6, 6.07) is 15.1. The number of thiazole rings is 1. The molecular weight excluding hydrogens is 316 g/mol. The molecule has 2 aromatic carbocycles. The fourth-order valence-electron chi connectivity index (χ4n) is 2.91. The third-order valence-electron chi connectivity index (χ3n) is 4.25. The molecule has 0 N–H and O–H groups in total. The molecule has 1 saturated heterocycles. The molecular formula is C20H20N2OS. The van der Waals surface area contributed by atoms with Crippen molar-refractivity contribution in [3.05, 3.63) is 58.6 Å². The van der Waals surface area contributed by atoms with Crippen molar-refractivity contribution >= 4 is 39.4 Å². The second-order valence-corrected chi connectivity index (χ2v) is 7.11. The summed E-state index contributed by atoms with van der Waals surface area (Å²) in [5.41, 5.74) is 4.80. The van der Waals surface area contributed by atoms with Crippen LogP contribution in [0, 0.1) is 6.92 Å². The molecule has 0 atom stereocenters. The highest BCUT2D eigenvalue weighted by Gasteiger charge is 2.10. The number of benzene rings is 2. The molecule has 122 valence electrons. The number of aromatic nitrogens is 1. The predicted octanol–water partition coefficient (Wildman–Crippen LogP) is 4.61. The van der Waals surface area contributed by atoms with E-state index < -0.39 is 0 Å². The molecule has 3 aromatic rings. The Kier molecular flexibility index (Phi) is 4.32. The Balaban J connectivity index is 1.50. The Labute approximate surface area is 146 Å². The van der Waals surface area contributed by atoms with Crippen LogP contribution < -0.4 is 4.90 Å². The van der Waals surface area contributed by atoms with Crippen LogP contribution in [0.25, 0.3) is 22.4 Å². The van der Waals surface area contributed by atoms with Crippen molar-refractivity contribution in [2.45, 2.75) is 6.92 Å². The maximum absolute atomic E-state index is 5.41. The van der Waals surface area contributed by atoms with Crippen molar-refractivity contribution in [1.29, 1.82) is 0 Å². The van der Waals surface area contributed by atoms with Crippen LogP contribution in [0.1, 0.15) is 16.1 Å². The van der Waals surface area contributed by atoms with Gasteiger partial charge < -0.3 is 9.64 Å². The van der Waals surface area contributed by atoms with Gasteiger partial charge in [-0.25, -0.2) is 4.98 Å². The van der Waals surface area contributed by atoms with E-state index in [0.29, 0.717) is 0 Å². The monoisotopic (exact) mass is 336 g/mol. The van der Waals surface area contributed by atoms with Gasteiger partial charge in [-0.05, 0) is 48.4 Å². The molecule has 1 aliphatic heterocycles.